The summed E-state index contributed by atoms with van der Waals surface area (Å²) < 4.78 is 5.25. The number of ether oxygens (including phenoxy) is 1. The zero-order chi connectivity index (χ0) is 15.5. The lowest BCUT2D eigenvalue weighted by Crippen LogP contribution is -2.33. The van der Waals surface area contributed by atoms with E-state index in [4.69, 9.17) is 10.5 Å². The molecular weight excluding hydrogens is 391 g/mol. The van der Waals surface area contributed by atoms with Crippen molar-refractivity contribution in [3.63, 3.8) is 0 Å². The lowest BCUT2D eigenvalue weighted by atomic mass is 10.1. The van der Waals surface area contributed by atoms with Crippen LogP contribution in [0.3, 0.4) is 0 Å². The summed E-state index contributed by atoms with van der Waals surface area (Å²) in [6.45, 7) is 4.98. The van der Waals surface area contributed by atoms with Gasteiger partial charge >= 0.3 is 0 Å². The third-order valence-corrected chi connectivity index (χ3v) is 3.11. The van der Waals surface area contributed by atoms with Gasteiger partial charge in [0.1, 0.15) is 0 Å². The monoisotopic (exact) mass is 420 g/mol. The second-order valence-electron chi connectivity index (χ2n) is 5.06. The summed E-state index contributed by atoms with van der Waals surface area (Å²) >= 11 is 0. The van der Waals surface area contributed by atoms with Crippen LogP contribution in [0.1, 0.15) is 18.9 Å². The molecule has 0 unspecified atom stereocenters. The number of hydrogen-bond donors (Lipinski definition) is 2. The minimum atomic E-state index is 0. The first-order chi connectivity index (χ1) is 10.1. The molecule has 0 amide bonds. The first-order valence-electron chi connectivity index (χ1n) is 7.51. The molecule has 1 rings (SSSR count). The van der Waals surface area contributed by atoms with Crippen LogP contribution in [-0.2, 0) is 11.2 Å². The van der Waals surface area contributed by atoms with Crippen LogP contribution in [0.25, 0.3) is 0 Å². The number of hydrogen-bond acceptors (Lipinski definition) is 3. The highest BCUT2D eigenvalue weighted by Crippen LogP contribution is 2.12. The van der Waals surface area contributed by atoms with Crippen molar-refractivity contribution < 1.29 is 4.74 Å². The summed E-state index contributed by atoms with van der Waals surface area (Å²) in [4.78, 5) is 6.35. The van der Waals surface area contributed by atoms with E-state index in [0.717, 1.165) is 32.6 Å². The molecule has 3 N–H and O–H groups in total. The SMILES string of the molecule is CCOCCCN=C(N)NCCc1ccc(N(C)C)cc1.I. The predicted octanol–water partition coefficient (Wildman–Crippen LogP) is 2.24. The Balaban J connectivity index is 0.00000441. The molecular formula is C16H29IN4O. The van der Waals surface area contributed by atoms with Crippen LogP contribution in [0.5, 0.6) is 0 Å². The molecule has 0 bridgehead atoms. The van der Waals surface area contributed by atoms with Crippen LogP contribution < -0.4 is 16.0 Å². The molecule has 0 spiro atoms. The van der Waals surface area contributed by atoms with Crippen molar-refractivity contribution in [1.82, 2.24) is 5.32 Å². The first kappa shape index (κ1) is 21.0. The number of benzene rings is 1. The number of nitrogens with two attached hydrogens (primary N) is 1. The van der Waals surface area contributed by atoms with E-state index in [9.17, 15) is 0 Å². The Kier molecular flexibility index (Phi) is 11.9. The molecule has 5 nitrogen and oxygen atoms in total. The summed E-state index contributed by atoms with van der Waals surface area (Å²) in [5, 5.41) is 3.14. The highest BCUT2D eigenvalue weighted by molar-refractivity contribution is 14.0. The van der Waals surface area contributed by atoms with E-state index >= 15 is 0 Å². The van der Waals surface area contributed by atoms with E-state index in [2.05, 4.69) is 39.5 Å². The Hall–Kier alpha value is -1.02. The van der Waals surface area contributed by atoms with Crippen LogP contribution in [0.2, 0.25) is 0 Å². The third-order valence-electron chi connectivity index (χ3n) is 3.11. The van der Waals surface area contributed by atoms with Crippen molar-refractivity contribution in [2.45, 2.75) is 19.8 Å². The lowest BCUT2D eigenvalue weighted by molar-refractivity contribution is 0.146. The first-order valence-corrected chi connectivity index (χ1v) is 7.51. The number of nitrogens with one attached hydrogen (secondary N) is 1. The van der Waals surface area contributed by atoms with Crippen molar-refractivity contribution in [2.75, 3.05) is 45.3 Å². The normalized spacial score (nSPS) is 11.0. The van der Waals surface area contributed by atoms with Crippen molar-refractivity contribution in [1.29, 1.82) is 0 Å². The van der Waals surface area contributed by atoms with E-state index in [0.29, 0.717) is 12.5 Å². The minimum Gasteiger partial charge on any atom is -0.382 e. The highest BCUT2D eigenvalue weighted by atomic mass is 127. The predicted molar refractivity (Wildman–Crippen MR) is 105 cm³/mol. The maximum Gasteiger partial charge on any atom is 0.188 e. The number of halogens is 1. The largest absolute Gasteiger partial charge is 0.382 e. The number of anilines is 1. The van der Waals surface area contributed by atoms with Gasteiger partial charge in [-0.25, -0.2) is 0 Å². The molecule has 1 aromatic rings. The quantitative estimate of drug-likeness (QED) is 0.279. The standard InChI is InChI=1S/C16H28N4O.HI/c1-4-21-13-5-11-18-16(17)19-12-10-14-6-8-15(9-7-14)20(2)3;/h6-9H,4-5,10-13H2,1-3H3,(H3,17,18,19);1H. The molecule has 22 heavy (non-hydrogen) atoms. The Bertz CT molecular complexity index is 421. The van der Waals surface area contributed by atoms with Crippen LogP contribution in [-0.4, -0.2) is 46.4 Å². The number of aliphatic imine (C=N–C) groups is 1. The average molecular weight is 420 g/mol. The van der Waals surface area contributed by atoms with Gasteiger partial charge in [-0.3, -0.25) is 4.99 Å². The van der Waals surface area contributed by atoms with Crippen molar-refractivity contribution in [3.05, 3.63) is 29.8 Å². The van der Waals surface area contributed by atoms with Crippen molar-refractivity contribution in [3.8, 4) is 0 Å². The number of guanidine groups is 1. The molecule has 0 atom stereocenters. The Morgan fingerprint density at radius 2 is 1.95 bits per heavy atom. The van der Waals surface area contributed by atoms with Gasteiger partial charge < -0.3 is 20.7 Å². The molecule has 6 heteroatoms. The molecule has 126 valence electrons. The second kappa shape index (κ2) is 12.5. The van der Waals surface area contributed by atoms with Crippen LogP contribution >= 0.6 is 24.0 Å². The Morgan fingerprint density at radius 1 is 1.27 bits per heavy atom. The van der Waals surface area contributed by atoms with Crippen LogP contribution in [0.15, 0.2) is 29.3 Å². The smallest absolute Gasteiger partial charge is 0.188 e. The molecule has 0 saturated carbocycles. The van der Waals surface area contributed by atoms with E-state index in [1.165, 1.54) is 11.3 Å². The fraction of sp³-hybridized carbons (Fsp3) is 0.562. The minimum absolute atomic E-state index is 0. The molecule has 0 aliphatic heterocycles. The van der Waals surface area contributed by atoms with Gasteiger partial charge in [0, 0.05) is 46.1 Å². The average Bonchev–Trinajstić information content (AvgIpc) is 2.47. The van der Waals surface area contributed by atoms with Crippen LogP contribution in [0, 0.1) is 0 Å². The number of rotatable bonds is 9. The Labute approximate surface area is 151 Å². The summed E-state index contributed by atoms with van der Waals surface area (Å²) in [5.74, 6) is 0.511. The topological polar surface area (TPSA) is 62.9 Å². The molecule has 0 heterocycles. The summed E-state index contributed by atoms with van der Waals surface area (Å²) in [5.41, 5.74) is 8.31. The molecule has 0 saturated heterocycles. The van der Waals surface area contributed by atoms with Gasteiger partial charge in [-0.05, 0) is 37.5 Å². The van der Waals surface area contributed by atoms with Gasteiger partial charge in [0.05, 0.1) is 0 Å². The van der Waals surface area contributed by atoms with Crippen molar-refractivity contribution >= 4 is 35.6 Å². The van der Waals surface area contributed by atoms with Gasteiger partial charge in [-0.2, -0.15) is 0 Å². The lowest BCUT2D eigenvalue weighted by Gasteiger charge is -2.12. The van der Waals surface area contributed by atoms with Gasteiger partial charge in [0.25, 0.3) is 0 Å². The molecule has 0 aliphatic rings. The van der Waals surface area contributed by atoms with Crippen molar-refractivity contribution in [2.24, 2.45) is 10.7 Å². The Morgan fingerprint density at radius 3 is 2.55 bits per heavy atom. The zero-order valence-electron chi connectivity index (χ0n) is 13.8. The summed E-state index contributed by atoms with van der Waals surface area (Å²) in [7, 11) is 4.08. The molecule has 0 aromatic heterocycles. The molecule has 1 aromatic carbocycles. The van der Waals surface area contributed by atoms with Crippen LogP contribution in [0.4, 0.5) is 5.69 Å². The molecule has 0 fully saturated rings. The summed E-state index contributed by atoms with van der Waals surface area (Å²) in [6.07, 6.45) is 1.84. The maximum absolute atomic E-state index is 5.81. The number of nitrogens with zero attached hydrogens (tertiary/aromatic N) is 2. The maximum atomic E-state index is 5.81. The molecule has 0 radical (unpaired) electrons. The van der Waals surface area contributed by atoms with E-state index < -0.39 is 0 Å². The van der Waals surface area contributed by atoms with E-state index in [1.54, 1.807) is 0 Å². The van der Waals surface area contributed by atoms with Gasteiger partial charge in [-0.1, -0.05) is 12.1 Å². The second-order valence-corrected chi connectivity index (χ2v) is 5.06. The van der Waals surface area contributed by atoms with Gasteiger partial charge in [0.2, 0.25) is 0 Å². The fourth-order valence-electron chi connectivity index (χ4n) is 1.86. The zero-order valence-corrected chi connectivity index (χ0v) is 16.2. The fourth-order valence-corrected chi connectivity index (χ4v) is 1.86. The molecule has 0 aliphatic carbocycles. The van der Waals surface area contributed by atoms with E-state index in [-0.39, 0.29) is 24.0 Å². The third kappa shape index (κ3) is 9.09. The highest BCUT2D eigenvalue weighted by Gasteiger charge is 1.97. The van der Waals surface area contributed by atoms with Gasteiger partial charge in [-0.15, -0.1) is 24.0 Å². The van der Waals surface area contributed by atoms with Gasteiger partial charge in [0.15, 0.2) is 5.96 Å². The van der Waals surface area contributed by atoms with E-state index in [1.807, 2.05) is 21.0 Å². The summed E-state index contributed by atoms with van der Waals surface area (Å²) in [6, 6.07) is 8.54.